The Kier molecular flexibility index (Phi) is 4.89. The van der Waals surface area contributed by atoms with Crippen LogP contribution >= 0.6 is 0 Å². The predicted octanol–water partition coefficient (Wildman–Crippen LogP) is -0.297. The molecule has 0 aromatic heterocycles. The number of nitrogens with zero attached hydrogens (tertiary/aromatic N) is 1. The maximum atomic E-state index is 13.7. The van der Waals surface area contributed by atoms with Gasteiger partial charge in [-0.3, -0.25) is 19.3 Å². The van der Waals surface area contributed by atoms with Gasteiger partial charge in [0.15, 0.2) is 17.2 Å². The number of fused-ring (bicyclic) bond motifs is 3. The number of phenolic OH excluding ortho intramolecular Hbond substituents is 1. The Balaban J connectivity index is 2.11. The predicted molar refractivity (Wildman–Crippen MR) is 113 cm³/mol. The van der Waals surface area contributed by atoms with Crippen molar-refractivity contribution in [1.82, 2.24) is 4.90 Å². The van der Waals surface area contributed by atoms with E-state index in [0.29, 0.717) is 0 Å². The normalized spacial score (nSPS) is 36.0. The standard InChI is InChI=1S/C23H25NO9/c1-8(25)11-18(28)16(24(3)4)15-19(29)14-13(21(31)23(15,33)20(11)30)17(27)12-9(22(14,2)32)6-5-7-10(12)26/h5-7,14-16,19,26-27,29-30,32-33H,1-4H3. The molecule has 10 heteroatoms. The van der Waals surface area contributed by atoms with Crippen LogP contribution in [0.3, 0.4) is 0 Å². The summed E-state index contributed by atoms with van der Waals surface area (Å²) < 4.78 is 0. The minimum atomic E-state index is -2.94. The second-order valence-electron chi connectivity index (χ2n) is 9.25. The summed E-state index contributed by atoms with van der Waals surface area (Å²) in [6.45, 7) is 2.26. The summed E-state index contributed by atoms with van der Waals surface area (Å²) in [7, 11) is 2.88. The molecule has 1 fully saturated rings. The number of likely N-dealkylation sites (N-methyl/N-ethyl adjacent to an activating group) is 1. The number of phenols is 1. The number of carbonyl (C=O) groups excluding carboxylic acids is 3. The lowest BCUT2D eigenvalue weighted by Crippen LogP contribution is -2.71. The molecule has 3 aliphatic carbocycles. The third-order valence-corrected chi connectivity index (χ3v) is 7.14. The zero-order valence-electron chi connectivity index (χ0n) is 18.4. The van der Waals surface area contributed by atoms with E-state index in [2.05, 4.69) is 0 Å². The van der Waals surface area contributed by atoms with Crippen LogP contribution in [0.25, 0.3) is 5.76 Å². The smallest absolute Gasteiger partial charge is 0.202 e. The zero-order valence-corrected chi connectivity index (χ0v) is 18.4. The van der Waals surface area contributed by atoms with Gasteiger partial charge in [-0.15, -0.1) is 0 Å². The lowest BCUT2D eigenvalue weighted by molar-refractivity contribution is -0.181. The van der Waals surface area contributed by atoms with E-state index in [-0.39, 0.29) is 11.1 Å². The van der Waals surface area contributed by atoms with Crippen molar-refractivity contribution in [3.05, 3.63) is 46.2 Å². The highest BCUT2D eigenvalue weighted by Crippen LogP contribution is 2.57. The van der Waals surface area contributed by atoms with Crippen LogP contribution in [0.4, 0.5) is 0 Å². The highest BCUT2D eigenvalue weighted by atomic mass is 16.4. The summed E-state index contributed by atoms with van der Waals surface area (Å²) in [5, 5.41) is 66.6. The molecule has 4 rings (SSSR count). The molecule has 1 aromatic carbocycles. The molecule has 0 amide bonds. The Labute approximate surface area is 188 Å². The molecule has 6 N–H and O–H groups in total. The Bertz CT molecular complexity index is 1180. The van der Waals surface area contributed by atoms with Gasteiger partial charge in [0, 0.05) is 0 Å². The molecule has 6 atom stereocenters. The van der Waals surface area contributed by atoms with Gasteiger partial charge in [0.2, 0.25) is 5.78 Å². The van der Waals surface area contributed by atoms with Crippen LogP contribution in [0.1, 0.15) is 25.0 Å². The Morgan fingerprint density at radius 3 is 2.24 bits per heavy atom. The van der Waals surface area contributed by atoms with Gasteiger partial charge in [0.25, 0.3) is 0 Å². The van der Waals surface area contributed by atoms with E-state index in [0.717, 1.165) is 6.92 Å². The molecule has 0 bridgehead atoms. The highest BCUT2D eigenvalue weighted by molar-refractivity contribution is 6.25. The molecular weight excluding hydrogens is 434 g/mol. The van der Waals surface area contributed by atoms with Crippen LogP contribution in [0.5, 0.6) is 5.75 Å². The molecule has 0 aliphatic heterocycles. The molecule has 0 radical (unpaired) electrons. The molecule has 3 aliphatic rings. The quantitative estimate of drug-likeness (QED) is 0.322. The van der Waals surface area contributed by atoms with Crippen LogP contribution in [-0.2, 0) is 20.0 Å². The van der Waals surface area contributed by atoms with Gasteiger partial charge < -0.3 is 30.6 Å². The van der Waals surface area contributed by atoms with E-state index < -0.39 is 80.9 Å². The molecular formula is C23H25NO9. The minimum Gasteiger partial charge on any atom is -0.508 e. The first-order chi connectivity index (χ1) is 15.2. The van der Waals surface area contributed by atoms with E-state index in [9.17, 15) is 45.0 Å². The van der Waals surface area contributed by atoms with E-state index in [1.165, 1.54) is 44.1 Å². The van der Waals surface area contributed by atoms with Gasteiger partial charge in [-0.05, 0) is 39.6 Å². The number of Topliss-reactive ketones (excluding diaryl/α,β-unsaturated/α-hetero) is 3. The van der Waals surface area contributed by atoms with Crippen molar-refractivity contribution in [2.75, 3.05) is 14.1 Å². The van der Waals surface area contributed by atoms with E-state index in [1.807, 2.05) is 0 Å². The van der Waals surface area contributed by atoms with Crippen molar-refractivity contribution < 1.29 is 45.0 Å². The van der Waals surface area contributed by atoms with Crippen molar-refractivity contribution in [1.29, 1.82) is 0 Å². The fraction of sp³-hybridized carbons (Fsp3) is 0.435. The van der Waals surface area contributed by atoms with E-state index in [1.54, 1.807) is 0 Å². The second-order valence-corrected chi connectivity index (χ2v) is 9.25. The average Bonchev–Trinajstić information content (AvgIpc) is 2.70. The van der Waals surface area contributed by atoms with Crippen molar-refractivity contribution >= 4 is 23.1 Å². The van der Waals surface area contributed by atoms with Gasteiger partial charge in [-0.2, -0.15) is 0 Å². The highest BCUT2D eigenvalue weighted by Gasteiger charge is 2.70. The number of hydrogen-bond donors (Lipinski definition) is 6. The molecule has 1 saturated carbocycles. The number of hydrogen-bond acceptors (Lipinski definition) is 10. The molecule has 0 heterocycles. The molecule has 176 valence electrons. The summed E-state index contributed by atoms with van der Waals surface area (Å²) in [5.41, 5.74) is -6.60. The minimum absolute atomic E-state index is 0.0266. The maximum Gasteiger partial charge on any atom is 0.202 e. The number of aliphatic hydroxyl groups excluding tert-OH is 3. The fourth-order valence-corrected chi connectivity index (χ4v) is 5.70. The zero-order chi connectivity index (χ0) is 24.8. The maximum absolute atomic E-state index is 13.7. The van der Waals surface area contributed by atoms with E-state index >= 15 is 0 Å². The summed E-state index contributed by atoms with van der Waals surface area (Å²) in [4.78, 5) is 40.3. The molecule has 0 spiro atoms. The number of benzene rings is 1. The van der Waals surface area contributed by atoms with Crippen molar-refractivity contribution in [3.63, 3.8) is 0 Å². The summed E-state index contributed by atoms with van der Waals surface area (Å²) in [5.74, 6) is -8.73. The van der Waals surface area contributed by atoms with Gasteiger partial charge >= 0.3 is 0 Å². The van der Waals surface area contributed by atoms with Crippen LogP contribution in [0.15, 0.2) is 35.1 Å². The van der Waals surface area contributed by atoms with Crippen LogP contribution in [0, 0.1) is 11.8 Å². The summed E-state index contributed by atoms with van der Waals surface area (Å²) in [6.07, 6.45) is -1.83. The monoisotopic (exact) mass is 459 g/mol. The van der Waals surface area contributed by atoms with Gasteiger partial charge in [0.05, 0.1) is 40.7 Å². The Morgan fingerprint density at radius 1 is 1.09 bits per heavy atom. The van der Waals surface area contributed by atoms with Gasteiger partial charge in [0.1, 0.15) is 22.8 Å². The first-order valence-corrected chi connectivity index (χ1v) is 10.3. The van der Waals surface area contributed by atoms with Crippen molar-refractivity contribution in [3.8, 4) is 5.75 Å². The fourth-order valence-electron chi connectivity index (χ4n) is 5.70. The molecule has 10 nitrogen and oxygen atoms in total. The lowest BCUT2D eigenvalue weighted by atomic mass is 9.53. The number of ketones is 3. The first-order valence-electron chi connectivity index (χ1n) is 10.3. The lowest BCUT2D eigenvalue weighted by Gasteiger charge is -2.55. The largest absolute Gasteiger partial charge is 0.508 e. The third-order valence-electron chi connectivity index (χ3n) is 7.14. The SMILES string of the molecule is CC(=O)C1=C(O)C2(O)C(=O)C3=C(O)c4c(O)cccc4C(C)(O)C3C(O)C2C(N(C)C)C1=O. The number of rotatable bonds is 2. The van der Waals surface area contributed by atoms with Crippen molar-refractivity contribution in [2.24, 2.45) is 11.8 Å². The molecule has 0 saturated heterocycles. The average molecular weight is 459 g/mol. The Hall–Kier alpha value is -3.05. The molecule has 6 unspecified atom stereocenters. The van der Waals surface area contributed by atoms with Crippen LogP contribution < -0.4 is 0 Å². The van der Waals surface area contributed by atoms with Gasteiger partial charge in [-0.1, -0.05) is 12.1 Å². The van der Waals surface area contributed by atoms with Crippen LogP contribution in [0.2, 0.25) is 0 Å². The Morgan fingerprint density at radius 2 is 1.70 bits per heavy atom. The summed E-state index contributed by atoms with van der Waals surface area (Å²) >= 11 is 0. The number of aliphatic hydroxyl groups is 5. The first kappa shape index (κ1) is 23.1. The van der Waals surface area contributed by atoms with Gasteiger partial charge in [-0.25, -0.2) is 0 Å². The molecule has 33 heavy (non-hydrogen) atoms. The van der Waals surface area contributed by atoms with E-state index in [4.69, 9.17) is 0 Å². The third kappa shape index (κ3) is 2.66. The number of aromatic hydroxyl groups is 1. The van der Waals surface area contributed by atoms with Crippen molar-refractivity contribution in [2.45, 2.75) is 37.2 Å². The molecule has 1 aromatic rings. The van der Waals surface area contributed by atoms with Crippen LogP contribution in [-0.4, -0.2) is 84.7 Å². The topological polar surface area (TPSA) is 176 Å². The number of carbonyl (C=O) groups is 3. The second kappa shape index (κ2) is 6.97. The summed E-state index contributed by atoms with van der Waals surface area (Å²) in [6, 6.07) is 2.63.